The summed E-state index contributed by atoms with van der Waals surface area (Å²) in [5.74, 6) is 1.11. The number of hydrogen-bond donors (Lipinski definition) is 3. The fraction of sp³-hybridized carbons (Fsp3) is 0.130. The number of rotatable bonds is 4. The van der Waals surface area contributed by atoms with E-state index in [1.54, 1.807) is 13.2 Å². The maximum atomic E-state index is 10.4. The molecule has 3 aromatic rings. The molecule has 4 rings (SSSR count). The van der Waals surface area contributed by atoms with Gasteiger partial charge in [-0.25, -0.2) is 0 Å². The van der Waals surface area contributed by atoms with Crippen molar-refractivity contribution in [2.45, 2.75) is 12.2 Å². The summed E-state index contributed by atoms with van der Waals surface area (Å²) in [4.78, 5) is 0. The van der Waals surface area contributed by atoms with Crippen LogP contribution in [0, 0.1) is 0 Å². The number of hydrogen-bond acceptors (Lipinski definition) is 3. The van der Waals surface area contributed by atoms with Gasteiger partial charge in [0.15, 0.2) is 6.17 Å². The summed E-state index contributed by atoms with van der Waals surface area (Å²) >= 11 is 6.22. The zero-order valence-corrected chi connectivity index (χ0v) is 16.2. The van der Waals surface area contributed by atoms with Crippen LogP contribution in [0.4, 0.5) is 0 Å². The molecule has 2 atom stereocenters. The highest BCUT2D eigenvalue weighted by Crippen LogP contribution is 2.29. The van der Waals surface area contributed by atoms with Gasteiger partial charge in [0.1, 0.15) is 17.5 Å². The highest BCUT2D eigenvalue weighted by molar-refractivity contribution is 6.30. The molecule has 0 amide bonds. The Labute approximate surface area is 169 Å². The normalized spacial score (nSPS) is 18.9. The number of nitrogens with one attached hydrogen (secondary N) is 1. The van der Waals surface area contributed by atoms with Gasteiger partial charge in [0.25, 0.3) is 0 Å². The second-order valence-electron chi connectivity index (χ2n) is 6.76. The molecule has 0 bridgehead atoms. The first-order valence-electron chi connectivity index (χ1n) is 9.15. The molecule has 0 fully saturated rings. The molecule has 0 aromatic heterocycles. The fourth-order valence-electron chi connectivity index (χ4n) is 3.51. The number of benzene rings is 3. The second kappa shape index (κ2) is 7.97. The van der Waals surface area contributed by atoms with Crippen molar-refractivity contribution in [2.24, 2.45) is 0 Å². The van der Waals surface area contributed by atoms with Gasteiger partial charge in [0, 0.05) is 22.4 Å². The van der Waals surface area contributed by atoms with Gasteiger partial charge >= 0.3 is 0 Å². The minimum atomic E-state index is -0.0384. The summed E-state index contributed by atoms with van der Waals surface area (Å²) < 4.78 is 5.27. The number of methoxy groups -OCH3 is 1. The first-order chi connectivity index (χ1) is 13.6. The monoisotopic (exact) mass is 393 g/mol. The number of ether oxygens (including phenoxy) is 1. The molecule has 142 valence electrons. The third-order valence-corrected chi connectivity index (χ3v) is 5.20. The average molecular weight is 394 g/mol. The highest BCUT2D eigenvalue weighted by Gasteiger charge is 2.29. The zero-order valence-electron chi connectivity index (χ0n) is 15.5. The lowest BCUT2D eigenvalue weighted by Crippen LogP contribution is -2.89. The summed E-state index contributed by atoms with van der Waals surface area (Å²) in [6.07, 6.45) is 2.10. The third kappa shape index (κ3) is 3.84. The van der Waals surface area contributed by atoms with Crippen molar-refractivity contribution < 1.29 is 15.2 Å². The molecule has 1 aliphatic heterocycles. The van der Waals surface area contributed by atoms with E-state index in [4.69, 9.17) is 16.3 Å². The first-order valence-corrected chi connectivity index (χ1v) is 9.53. The molecule has 2 unspecified atom stereocenters. The van der Waals surface area contributed by atoms with Crippen LogP contribution in [0.1, 0.15) is 28.9 Å². The van der Waals surface area contributed by atoms with Crippen molar-refractivity contribution >= 4 is 17.3 Å². The summed E-state index contributed by atoms with van der Waals surface area (Å²) in [6.45, 7) is 0. The predicted molar refractivity (Wildman–Crippen MR) is 111 cm³/mol. The first kappa shape index (κ1) is 18.4. The Morgan fingerprint density at radius 2 is 1.79 bits per heavy atom. The van der Waals surface area contributed by atoms with Crippen LogP contribution in [0.2, 0.25) is 5.02 Å². The van der Waals surface area contributed by atoms with Gasteiger partial charge in [0.05, 0.1) is 12.7 Å². The highest BCUT2D eigenvalue weighted by atomic mass is 35.5. The largest absolute Gasteiger partial charge is 0.507 e. The maximum absolute atomic E-state index is 10.4. The van der Waals surface area contributed by atoms with Crippen molar-refractivity contribution in [3.63, 3.8) is 0 Å². The van der Waals surface area contributed by atoms with Gasteiger partial charge in [-0.1, -0.05) is 35.9 Å². The van der Waals surface area contributed by atoms with Crippen molar-refractivity contribution in [1.29, 1.82) is 0 Å². The van der Waals surface area contributed by atoms with Crippen LogP contribution in [-0.4, -0.2) is 12.2 Å². The molecule has 4 N–H and O–H groups in total. The number of phenols is 1. The van der Waals surface area contributed by atoms with Crippen molar-refractivity contribution in [3.05, 3.63) is 101 Å². The molecular formula is C23H22ClN2O2+. The summed E-state index contributed by atoms with van der Waals surface area (Å²) in [6, 6.07) is 23.2. The molecular weight excluding hydrogens is 372 g/mol. The minimum absolute atomic E-state index is 0.0367. The molecule has 1 aliphatic rings. The van der Waals surface area contributed by atoms with Crippen LogP contribution >= 0.6 is 11.6 Å². The van der Waals surface area contributed by atoms with E-state index >= 15 is 0 Å². The molecule has 4 nitrogen and oxygen atoms in total. The predicted octanol–water partition coefficient (Wildman–Crippen LogP) is 4.00. The quantitative estimate of drug-likeness (QED) is 0.628. The van der Waals surface area contributed by atoms with Crippen LogP contribution in [0.25, 0.3) is 5.70 Å². The number of halogens is 1. The van der Waals surface area contributed by atoms with Gasteiger partial charge < -0.3 is 20.5 Å². The molecule has 3 aromatic carbocycles. The molecule has 28 heavy (non-hydrogen) atoms. The topological polar surface area (TPSA) is 58.1 Å². The molecule has 0 radical (unpaired) electrons. The van der Waals surface area contributed by atoms with Gasteiger partial charge in [-0.3, -0.25) is 0 Å². The Kier molecular flexibility index (Phi) is 5.24. The van der Waals surface area contributed by atoms with E-state index in [1.165, 1.54) is 0 Å². The van der Waals surface area contributed by atoms with E-state index in [0.717, 1.165) is 28.1 Å². The van der Waals surface area contributed by atoms with E-state index < -0.39 is 0 Å². The zero-order chi connectivity index (χ0) is 19.5. The third-order valence-electron chi connectivity index (χ3n) is 4.96. The number of quaternary nitrogens is 1. The van der Waals surface area contributed by atoms with E-state index in [2.05, 4.69) is 22.8 Å². The number of para-hydroxylation sites is 1. The van der Waals surface area contributed by atoms with E-state index in [0.29, 0.717) is 10.8 Å². The molecule has 0 saturated heterocycles. The fourth-order valence-corrected chi connectivity index (χ4v) is 3.71. The van der Waals surface area contributed by atoms with Crippen LogP contribution in [0.3, 0.4) is 0 Å². The molecule has 0 spiro atoms. The average Bonchev–Trinajstić information content (AvgIpc) is 2.74. The molecule has 5 heteroatoms. The second-order valence-corrected chi connectivity index (χ2v) is 7.20. The molecule has 0 saturated carbocycles. The van der Waals surface area contributed by atoms with Crippen molar-refractivity contribution in [2.75, 3.05) is 7.11 Å². The Hall–Kier alpha value is -2.95. The smallest absolute Gasteiger partial charge is 0.186 e. The molecule has 1 heterocycles. The van der Waals surface area contributed by atoms with E-state index in [9.17, 15) is 5.11 Å². The van der Waals surface area contributed by atoms with Crippen LogP contribution in [-0.2, 0) is 0 Å². The summed E-state index contributed by atoms with van der Waals surface area (Å²) in [5.41, 5.74) is 4.01. The summed E-state index contributed by atoms with van der Waals surface area (Å²) in [7, 11) is 1.66. The lowest BCUT2D eigenvalue weighted by molar-refractivity contribution is -0.731. The van der Waals surface area contributed by atoms with Gasteiger partial charge in [-0.2, -0.15) is 0 Å². The van der Waals surface area contributed by atoms with Gasteiger partial charge in [-0.05, 0) is 54.1 Å². The van der Waals surface area contributed by atoms with Crippen molar-refractivity contribution in [3.8, 4) is 11.5 Å². The lowest BCUT2D eigenvalue weighted by Gasteiger charge is -2.30. The molecule has 0 aliphatic carbocycles. The van der Waals surface area contributed by atoms with Crippen LogP contribution in [0.5, 0.6) is 11.5 Å². The standard InChI is InChI=1S/C23H21ClN2O2/c1-28-18-11-9-15(10-12-18)20-14-21(19-7-2-3-8-22(19)27)26-23(25-20)16-5-4-6-17(24)13-16/h2-14,21,23,25-27H,1H3/p+1. The van der Waals surface area contributed by atoms with Crippen LogP contribution < -0.4 is 15.4 Å². The Morgan fingerprint density at radius 1 is 1.00 bits per heavy atom. The maximum Gasteiger partial charge on any atom is 0.186 e. The van der Waals surface area contributed by atoms with Crippen LogP contribution in [0.15, 0.2) is 78.9 Å². The lowest BCUT2D eigenvalue weighted by atomic mass is 9.98. The van der Waals surface area contributed by atoms with Gasteiger partial charge in [0.2, 0.25) is 0 Å². The Bertz CT molecular complexity index is 1000. The Balaban J connectivity index is 1.75. The Morgan fingerprint density at radius 3 is 2.50 bits per heavy atom. The summed E-state index contributed by atoms with van der Waals surface area (Å²) in [5, 5.41) is 16.9. The van der Waals surface area contributed by atoms with Gasteiger partial charge in [-0.15, -0.1) is 0 Å². The number of phenolic OH excluding ortho intramolecular Hbond substituents is 1. The SMILES string of the molecule is COc1ccc(C2=CC(c3ccccc3O)[NH2+]C(c3cccc(Cl)c3)N2)cc1. The van der Waals surface area contributed by atoms with Crippen molar-refractivity contribution in [1.82, 2.24) is 5.32 Å². The van der Waals surface area contributed by atoms with E-state index in [1.807, 2.05) is 60.7 Å². The number of aromatic hydroxyl groups is 1. The number of nitrogens with two attached hydrogens (primary N) is 1. The van der Waals surface area contributed by atoms with E-state index in [-0.39, 0.29) is 12.2 Å². The minimum Gasteiger partial charge on any atom is -0.507 e.